The lowest BCUT2D eigenvalue weighted by Gasteiger charge is -2.17. The number of carbonyl (C=O) groups excluding carboxylic acids is 1. The number of methoxy groups -OCH3 is 1. The highest BCUT2D eigenvalue weighted by atomic mass is 32.1. The van der Waals surface area contributed by atoms with Crippen LogP contribution in [-0.2, 0) is 16.1 Å². The lowest BCUT2D eigenvalue weighted by atomic mass is 10.1. The number of esters is 1. The third-order valence-electron chi connectivity index (χ3n) is 3.02. The third-order valence-corrected chi connectivity index (χ3v) is 3.90. The molecule has 1 heterocycles. The fourth-order valence-corrected chi connectivity index (χ4v) is 2.65. The smallest absolute Gasteiger partial charge is 0.327 e. The van der Waals surface area contributed by atoms with Gasteiger partial charge in [0.1, 0.15) is 11.8 Å². The molecule has 2 rings (SSSR count). The van der Waals surface area contributed by atoms with E-state index in [4.69, 9.17) is 9.47 Å². The van der Waals surface area contributed by atoms with Gasteiger partial charge in [-0.15, -0.1) is 11.3 Å². The van der Waals surface area contributed by atoms with Crippen LogP contribution in [0.1, 0.15) is 23.4 Å². The van der Waals surface area contributed by atoms with Gasteiger partial charge in [-0.2, -0.15) is 0 Å². The molecule has 0 amide bonds. The Morgan fingerprint density at radius 3 is 2.62 bits per heavy atom. The standard InChI is InChI=1S/C16H19NO3S/c1-3-20-13-8-6-12(7-9-13)15(16(18)19-2)17-11-14-5-4-10-21-14/h4-10,15,17H,3,11H2,1-2H3. The molecule has 112 valence electrons. The fraction of sp³-hybridized carbons (Fsp3) is 0.312. The zero-order valence-corrected chi connectivity index (χ0v) is 13.0. The van der Waals surface area contributed by atoms with Crippen molar-refractivity contribution in [2.45, 2.75) is 19.5 Å². The summed E-state index contributed by atoms with van der Waals surface area (Å²) in [6, 6.07) is 11.0. The number of ether oxygens (including phenoxy) is 2. The van der Waals surface area contributed by atoms with Gasteiger partial charge in [0, 0.05) is 11.4 Å². The molecule has 0 aliphatic carbocycles. The van der Waals surface area contributed by atoms with Crippen LogP contribution in [0.15, 0.2) is 41.8 Å². The number of nitrogens with one attached hydrogen (secondary N) is 1. The van der Waals surface area contributed by atoms with Crippen molar-refractivity contribution in [2.24, 2.45) is 0 Å². The molecule has 1 unspecified atom stereocenters. The van der Waals surface area contributed by atoms with Gasteiger partial charge in [0.2, 0.25) is 0 Å². The Bertz CT molecular complexity index is 551. The molecule has 4 nitrogen and oxygen atoms in total. The van der Waals surface area contributed by atoms with Crippen LogP contribution in [0.4, 0.5) is 0 Å². The molecule has 1 aromatic carbocycles. The van der Waals surface area contributed by atoms with E-state index in [0.717, 1.165) is 11.3 Å². The van der Waals surface area contributed by atoms with Gasteiger partial charge in [-0.25, -0.2) is 4.79 Å². The van der Waals surface area contributed by atoms with Crippen LogP contribution in [-0.4, -0.2) is 19.7 Å². The number of hydrogen-bond acceptors (Lipinski definition) is 5. The van der Waals surface area contributed by atoms with Crippen LogP contribution in [0.25, 0.3) is 0 Å². The second kappa shape index (κ2) is 7.81. The molecular formula is C16H19NO3S. The van der Waals surface area contributed by atoms with E-state index in [9.17, 15) is 4.79 Å². The maximum absolute atomic E-state index is 12.0. The number of hydrogen-bond donors (Lipinski definition) is 1. The minimum atomic E-state index is -0.479. The summed E-state index contributed by atoms with van der Waals surface area (Å²) in [5, 5.41) is 5.25. The van der Waals surface area contributed by atoms with Crippen LogP contribution in [0.5, 0.6) is 5.75 Å². The monoisotopic (exact) mass is 305 g/mol. The summed E-state index contributed by atoms with van der Waals surface area (Å²) in [5.74, 6) is 0.499. The third kappa shape index (κ3) is 4.31. The van der Waals surface area contributed by atoms with Crippen molar-refractivity contribution in [3.05, 3.63) is 52.2 Å². The number of rotatable bonds is 7. The average Bonchev–Trinajstić information content (AvgIpc) is 3.02. The van der Waals surface area contributed by atoms with E-state index in [1.807, 2.05) is 48.7 Å². The summed E-state index contributed by atoms with van der Waals surface area (Å²) in [6.45, 7) is 3.19. The van der Waals surface area contributed by atoms with Crippen molar-refractivity contribution in [2.75, 3.05) is 13.7 Å². The lowest BCUT2D eigenvalue weighted by molar-refractivity contribution is -0.143. The first kappa shape index (κ1) is 15.5. The Kier molecular flexibility index (Phi) is 5.78. The van der Waals surface area contributed by atoms with Crippen molar-refractivity contribution >= 4 is 17.3 Å². The van der Waals surface area contributed by atoms with E-state index in [1.54, 1.807) is 11.3 Å². The maximum Gasteiger partial charge on any atom is 0.327 e. The molecule has 0 saturated heterocycles. The average molecular weight is 305 g/mol. The Morgan fingerprint density at radius 2 is 2.05 bits per heavy atom. The van der Waals surface area contributed by atoms with Gasteiger partial charge < -0.3 is 9.47 Å². The Morgan fingerprint density at radius 1 is 1.29 bits per heavy atom. The van der Waals surface area contributed by atoms with Crippen LogP contribution >= 0.6 is 11.3 Å². The summed E-state index contributed by atoms with van der Waals surface area (Å²) in [7, 11) is 1.40. The van der Waals surface area contributed by atoms with Crippen LogP contribution in [0, 0.1) is 0 Å². The van der Waals surface area contributed by atoms with Gasteiger partial charge in [-0.05, 0) is 36.1 Å². The zero-order chi connectivity index (χ0) is 15.1. The Balaban J connectivity index is 2.09. The van der Waals surface area contributed by atoms with Crippen molar-refractivity contribution in [3.8, 4) is 5.75 Å². The SMILES string of the molecule is CCOc1ccc(C(NCc2cccs2)C(=O)OC)cc1. The van der Waals surface area contributed by atoms with Crippen LogP contribution in [0.2, 0.25) is 0 Å². The molecule has 1 atom stereocenters. The summed E-state index contributed by atoms with van der Waals surface area (Å²) in [5.41, 5.74) is 0.863. The highest BCUT2D eigenvalue weighted by Gasteiger charge is 2.20. The minimum Gasteiger partial charge on any atom is -0.494 e. The molecule has 0 bridgehead atoms. The van der Waals surface area contributed by atoms with E-state index in [-0.39, 0.29) is 5.97 Å². The first-order valence-electron chi connectivity index (χ1n) is 6.81. The van der Waals surface area contributed by atoms with E-state index in [0.29, 0.717) is 13.2 Å². The normalized spacial score (nSPS) is 11.9. The van der Waals surface area contributed by atoms with E-state index in [1.165, 1.54) is 12.0 Å². The van der Waals surface area contributed by atoms with Gasteiger partial charge >= 0.3 is 5.97 Å². The molecule has 0 aliphatic heterocycles. The molecular weight excluding hydrogens is 286 g/mol. The molecule has 0 fully saturated rings. The summed E-state index contributed by atoms with van der Waals surface area (Å²) in [6.07, 6.45) is 0. The molecule has 0 spiro atoms. The summed E-state index contributed by atoms with van der Waals surface area (Å²) in [4.78, 5) is 13.1. The van der Waals surface area contributed by atoms with Crippen LogP contribution in [0.3, 0.4) is 0 Å². The molecule has 2 aromatic rings. The van der Waals surface area contributed by atoms with Gasteiger partial charge in [0.25, 0.3) is 0 Å². The summed E-state index contributed by atoms with van der Waals surface area (Å²) >= 11 is 1.65. The summed E-state index contributed by atoms with van der Waals surface area (Å²) < 4.78 is 10.3. The molecule has 5 heteroatoms. The molecule has 21 heavy (non-hydrogen) atoms. The molecule has 0 aliphatic rings. The fourth-order valence-electron chi connectivity index (χ4n) is 1.99. The topological polar surface area (TPSA) is 47.6 Å². The van der Waals surface area contributed by atoms with E-state index < -0.39 is 6.04 Å². The van der Waals surface area contributed by atoms with E-state index >= 15 is 0 Å². The number of thiophene rings is 1. The second-order valence-corrected chi connectivity index (χ2v) is 5.45. The molecule has 1 aromatic heterocycles. The quantitative estimate of drug-likeness (QED) is 0.798. The van der Waals surface area contributed by atoms with Crippen molar-refractivity contribution in [3.63, 3.8) is 0 Å². The maximum atomic E-state index is 12.0. The Labute approximate surface area is 128 Å². The van der Waals surface area contributed by atoms with Crippen molar-refractivity contribution < 1.29 is 14.3 Å². The van der Waals surface area contributed by atoms with Crippen LogP contribution < -0.4 is 10.1 Å². The first-order chi connectivity index (χ1) is 10.2. The molecule has 0 saturated carbocycles. The molecule has 0 radical (unpaired) electrons. The number of carbonyl (C=O) groups is 1. The highest BCUT2D eigenvalue weighted by molar-refractivity contribution is 7.09. The van der Waals surface area contributed by atoms with Crippen molar-refractivity contribution in [1.29, 1.82) is 0 Å². The second-order valence-electron chi connectivity index (χ2n) is 4.42. The van der Waals surface area contributed by atoms with Gasteiger partial charge in [0.15, 0.2) is 0 Å². The predicted octanol–water partition coefficient (Wildman–Crippen LogP) is 3.15. The zero-order valence-electron chi connectivity index (χ0n) is 12.2. The highest BCUT2D eigenvalue weighted by Crippen LogP contribution is 2.20. The first-order valence-corrected chi connectivity index (χ1v) is 7.69. The predicted molar refractivity (Wildman–Crippen MR) is 83.5 cm³/mol. The minimum absolute atomic E-state index is 0.296. The van der Waals surface area contributed by atoms with Gasteiger partial charge in [0.05, 0.1) is 13.7 Å². The molecule has 1 N–H and O–H groups in total. The Hall–Kier alpha value is -1.85. The largest absolute Gasteiger partial charge is 0.494 e. The van der Waals surface area contributed by atoms with Crippen molar-refractivity contribution in [1.82, 2.24) is 5.32 Å². The lowest BCUT2D eigenvalue weighted by Crippen LogP contribution is -2.29. The van der Waals surface area contributed by atoms with Gasteiger partial charge in [-0.3, -0.25) is 5.32 Å². The van der Waals surface area contributed by atoms with Gasteiger partial charge in [-0.1, -0.05) is 18.2 Å². The van der Waals surface area contributed by atoms with E-state index in [2.05, 4.69) is 5.32 Å². The number of benzene rings is 1.